The molecular weight excluding hydrogens is 427 g/mol. The van der Waals surface area contributed by atoms with E-state index in [1.807, 2.05) is 12.4 Å². The van der Waals surface area contributed by atoms with Crippen molar-refractivity contribution in [3.05, 3.63) is 29.6 Å². The lowest BCUT2D eigenvalue weighted by Crippen LogP contribution is -2.42. The molecule has 0 radical (unpaired) electrons. The molecule has 3 N–H and O–H groups in total. The van der Waals surface area contributed by atoms with Crippen molar-refractivity contribution in [1.82, 2.24) is 15.6 Å². The zero-order chi connectivity index (χ0) is 17.4. The van der Waals surface area contributed by atoms with Crippen LogP contribution in [0.25, 0.3) is 0 Å². The average molecular weight is 460 g/mol. The Hall–Kier alpha value is -0.890. The first-order chi connectivity index (χ1) is 11.5. The maximum atomic E-state index is 10.3. The van der Waals surface area contributed by atoms with E-state index in [2.05, 4.69) is 42.5 Å². The highest BCUT2D eigenvalue weighted by Crippen LogP contribution is 2.36. The maximum absolute atomic E-state index is 10.3. The van der Waals surface area contributed by atoms with Crippen LogP contribution in [0.4, 0.5) is 0 Å². The molecule has 0 amide bonds. The van der Waals surface area contributed by atoms with Crippen molar-refractivity contribution < 1.29 is 5.11 Å². The fourth-order valence-electron chi connectivity index (χ4n) is 3.27. The summed E-state index contributed by atoms with van der Waals surface area (Å²) in [6.07, 6.45) is 8.71. The van der Waals surface area contributed by atoms with Crippen LogP contribution in [0, 0.1) is 12.3 Å². The molecule has 1 aromatic rings. The topological polar surface area (TPSA) is 69.5 Å². The number of halogens is 1. The van der Waals surface area contributed by atoms with E-state index < -0.39 is 0 Å². The number of aliphatic hydroxyl groups excluding tert-OH is 1. The SMILES string of the molecule is CCNC(=NCC1(C)CCCCC1O)NCCc1ccncc1C.I. The maximum Gasteiger partial charge on any atom is 0.191 e. The number of guanidine groups is 1. The Balaban J connectivity index is 0.00000312. The highest BCUT2D eigenvalue weighted by Gasteiger charge is 2.35. The molecule has 1 heterocycles. The number of aryl methyl sites for hydroxylation is 1. The van der Waals surface area contributed by atoms with Gasteiger partial charge in [-0.05, 0) is 50.3 Å². The molecular formula is C19H33IN4O. The molecule has 25 heavy (non-hydrogen) atoms. The number of hydrogen-bond acceptors (Lipinski definition) is 3. The number of aliphatic imine (C=N–C) groups is 1. The summed E-state index contributed by atoms with van der Waals surface area (Å²) in [4.78, 5) is 8.87. The summed E-state index contributed by atoms with van der Waals surface area (Å²) >= 11 is 0. The first-order valence-electron chi connectivity index (χ1n) is 9.15. The fourth-order valence-corrected chi connectivity index (χ4v) is 3.27. The predicted molar refractivity (Wildman–Crippen MR) is 115 cm³/mol. The van der Waals surface area contributed by atoms with Gasteiger partial charge in [-0.15, -0.1) is 24.0 Å². The lowest BCUT2D eigenvalue weighted by Gasteiger charge is -2.37. The number of hydrogen-bond donors (Lipinski definition) is 3. The molecule has 0 saturated heterocycles. The van der Waals surface area contributed by atoms with Gasteiger partial charge in [-0.25, -0.2) is 0 Å². The van der Waals surface area contributed by atoms with Crippen LogP contribution in [-0.4, -0.2) is 41.8 Å². The largest absolute Gasteiger partial charge is 0.392 e. The van der Waals surface area contributed by atoms with Gasteiger partial charge in [-0.2, -0.15) is 0 Å². The number of aromatic nitrogens is 1. The number of nitrogens with zero attached hydrogens (tertiary/aromatic N) is 2. The molecule has 6 heteroatoms. The van der Waals surface area contributed by atoms with E-state index in [-0.39, 0.29) is 35.5 Å². The van der Waals surface area contributed by atoms with E-state index in [4.69, 9.17) is 4.99 Å². The Kier molecular flexibility index (Phi) is 9.71. The monoisotopic (exact) mass is 460 g/mol. The highest BCUT2D eigenvalue weighted by atomic mass is 127. The van der Waals surface area contributed by atoms with Crippen molar-refractivity contribution in [2.24, 2.45) is 10.4 Å². The average Bonchev–Trinajstić information content (AvgIpc) is 2.57. The lowest BCUT2D eigenvalue weighted by molar-refractivity contribution is 0.00716. The van der Waals surface area contributed by atoms with Crippen molar-refractivity contribution in [1.29, 1.82) is 0 Å². The Morgan fingerprint density at radius 3 is 2.88 bits per heavy atom. The van der Waals surface area contributed by atoms with E-state index in [9.17, 15) is 5.11 Å². The van der Waals surface area contributed by atoms with Crippen molar-refractivity contribution in [2.75, 3.05) is 19.6 Å². The minimum Gasteiger partial charge on any atom is -0.392 e. The van der Waals surface area contributed by atoms with Gasteiger partial charge in [0.15, 0.2) is 5.96 Å². The number of aliphatic hydroxyl groups is 1. The Bertz CT molecular complexity index is 552. The van der Waals surface area contributed by atoms with E-state index in [1.54, 1.807) is 0 Å². The highest BCUT2D eigenvalue weighted by molar-refractivity contribution is 14.0. The van der Waals surface area contributed by atoms with Crippen LogP contribution in [0.15, 0.2) is 23.5 Å². The van der Waals surface area contributed by atoms with Crippen molar-refractivity contribution in [2.45, 2.75) is 59.0 Å². The second-order valence-electron chi connectivity index (χ2n) is 7.09. The van der Waals surface area contributed by atoms with Gasteiger partial charge in [0.05, 0.1) is 12.6 Å². The zero-order valence-corrected chi connectivity index (χ0v) is 18.0. The van der Waals surface area contributed by atoms with E-state index in [0.29, 0.717) is 6.54 Å². The number of pyridine rings is 1. The standard InChI is InChI=1S/C19H32N4O.HI/c1-4-21-18(22-12-9-16-8-11-20-13-15(16)2)23-14-19(3)10-6-5-7-17(19)24;/h8,11,13,17,24H,4-7,9-10,12,14H2,1-3H3,(H2,21,22,23);1H. The second kappa shape index (κ2) is 11.0. The molecule has 0 spiro atoms. The molecule has 0 bridgehead atoms. The van der Waals surface area contributed by atoms with Gasteiger partial charge in [0.1, 0.15) is 0 Å². The molecule has 1 aliphatic rings. The molecule has 1 saturated carbocycles. The summed E-state index contributed by atoms with van der Waals surface area (Å²) in [7, 11) is 0. The predicted octanol–water partition coefficient (Wildman–Crippen LogP) is 3.05. The third-order valence-corrected chi connectivity index (χ3v) is 5.05. The Morgan fingerprint density at radius 2 is 2.20 bits per heavy atom. The number of rotatable bonds is 6. The first kappa shape index (κ1) is 22.2. The second-order valence-corrected chi connectivity index (χ2v) is 7.09. The Labute approximate surface area is 169 Å². The van der Waals surface area contributed by atoms with Crippen LogP contribution in [0.5, 0.6) is 0 Å². The first-order valence-corrected chi connectivity index (χ1v) is 9.15. The van der Waals surface area contributed by atoms with Gasteiger partial charge >= 0.3 is 0 Å². The van der Waals surface area contributed by atoms with Gasteiger partial charge in [-0.3, -0.25) is 9.98 Å². The summed E-state index contributed by atoms with van der Waals surface area (Å²) in [5.41, 5.74) is 2.43. The number of nitrogens with one attached hydrogen (secondary N) is 2. The smallest absolute Gasteiger partial charge is 0.191 e. The normalized spacial score (nSPS) is 23.7. The minimum absolute atomic E-state index is 0. The molecule has 2 rings (SSSR count). The molecule has 2 atom stereocenters. The summed E-state index contributed by atoms with van der Waals surface area (Å²) in [6, 6.07) is 2.07. The third kappa shape index (κ3) is 6.73. The molecule has 0 aliphatic heterocycles. The quantitative estimate of drug-likeness (QED) is 0.347. The minimum atomic E-state index is -0.239. The molecule has 1 aromatic heterocycles. The molecule has 1 aliphatic carbocycles. The van der Waals surface area contributed by atoms with Gasteiger partial charge in [0.2, 0.25) is 0 Å². The van der Waals surface area contributed by atoms with Crippen LogP contribution in [0.3, 0.4) is 0 Å². The third-order valence-electron chi connectivity index (χ3n) is 5.05. The van der Waals surface area contributed by atoms with Crippen LogP contribution < -0.4 is 10.6 Å². The molecule has 142 valence electrons. The van der Waals surface area contributed by atoms with Crippen LogP contribution in [-0.2, 0) is 6.42 Å². The molecule has 1 fully saturated rings. The van der Waals surface area contributed by atoms with E-state index in [0.717, 1.165) is 44.7 Å². The molecule has 2 unspecified atom stereocenters. The van der Waals surface area contributed by atoms with E-state index in [1.165, 1.54) is 17.5 Å². The van der Waals surface area contributed by atoms with Crippen molar-refractivity contribution >= 4 is 29.9 Å². The lowest BCUT2D eigenvalue weighted by atomic mass is 9.73. The summed E-state index contributed by atoms with van der Waals surface area (Å²) in [6.45, 7) is 8.64. The van der Waals surface area contributed by atoms with Gasteiger partial charge in [-0.1, -0.05) is 19.8 Å². The van der Waals surface area contributed by atoms with Gasteiger partial charge < -0.3 is 15.7 Å². The fraction of sp³-hybridized carbons (Fsp3) is 0.684. The van der Waals surface area contributed by atoms with E-state index >= 15 is 0 Å². The van der Waals surface area contributed by atoms with Gasteiger partial charge in [0, 0.05) is 30.9 Å². The van der Waals surface area contributed by atoms with Crippen LogP contribution in [0.1, 0.15) is 50.7 Å². The van der Waals surface area contributed by atoms with Gasteiger partial charge in [0.25, 0.3) is 0 Å². The van der Waals surface area contributed by atoms with Crippen LogP contribution in [0.2, 0.25) is 0 Å². The molecule has 5 nitrogen and oxygen atoms in total. The summed E-state index contributed by atoms with van der Waals surface area (Å²) in [5, 5.41) is 17.0. The Morgan fingerprint density at radius 1 is 1.40 bits per heavy atom. The molecule has 0 aromatic carbocycles. The van der Waals surface area contributed by atoms with Crippen molar-refractivity contribution in [3.8, 4) is 0 Å². The van der Waals surface area contributed by atoms with Crippen molar-refractivity contribution in [3.63, 3.8) is 0 Å². The zero-order valence-electron chi connectivity index (χ0n) is 15.7. The van der Waals surface area contributed by atoms with Crippen LogP contribution >= 0.6 is 24.0 Å². The summed E-state index contributed by atoms with van der Waals surface area (Å²) in [5.74, 6) is 0.836. The summed E-state index contributed by atoms with van der Waals surface area (Å²) < 4.78 is 0.